The first-order chi connectivity index (χ1) is 7.97. The quantitative estimate of drug-likeness (QED) is 0.739. The lowest BCUT2D eigenvalue weighted by atomic mass is 9.79. The van der Waals surface area contributed by atoms with Crippen molar-refractivity contribution in [2.24, 2.45) is 11.1 Å². The number of nitrogens with two attached hydrogens (primary N) is 1. The van der Waals surface area contributed by atoms with Crippen molar-refractivity contribution in [3.05, 3.63) is 0 Å². The van der Waals surface area contributed by atoms with Crippen LogP contribution in [0.5, 0.6) is 0 Å². The Morgan fingerprint density at radius 2 is 2.18 bits per heavy atom. The fraction of sp³-hybridized carbons (Fsp3) is 0.857. The molecule has 1 rings (SSSR count). The molecule has 2 nitrogen and oxygen atoms in total. The average molecular weight is 254 g/mol. The third-order valence-corrected chi connectivity index (χ3v) is 5.08. The molecule has 1 aliphatic heterocycles. The van der Waals surface area contributed by atoms with E-state index in [2.05, 4.69) is 32.0 Å². The molecule has 0 spiro atoms. The Hall–Kier alpha value is -0.170. The van der Waals surface area contributed by atoms with Crippen molar-refractivity contribution >= 4 is 11.8 Å². The van der Waals surface area contributed by atoms with Crippen molar-refractivity contribution in [3.63, 3.8) is 0 Å². The van der Waals surface area contributed by atoms with Crippen molar-refractivity contribution < 1.29 is 0 Å². The molecule has 1 fully saturated rings. The Kier molecular flexibility index (Phi) is 5.37. The minimum absolute atomic E-state index is 0.0264. The van der Waals surface area contributed by atoms with Gasteiger partial charge in [-0.3, -0.25) is 5.32 Å². The van der Waals surface area contributed by atoms with Gasteiger partial charge in [0.2, 0.25) is 0 Å². The Morgan fingerprint density at radius 3 is 2.65 bits per heavy atom. The minimum Gasteiger partial charge on any atom is -0.329 e. The van der Waals surface area contributed by atoms with Crippen molar-refractivity contribution in [1.29, 1.82) is 0 Å². The standard InChI is InChI=1S/C14H26N2S/c1-5-7-12(6-2)16-14(9-15)8-13(3,4)10-17-11-14/h2,12,16H,5,7-11,15H2,1,3-4H3. The molecule has 17 heavy (non-hydrogen) atoms. The fourth-order valence-corrected chi connectivity index (χ4v) is 4.13. The van der Waals surface area contributed by atoms with E-state index in [9.17, 15) is 0 Å². The Bertz CT molecular complexity index is 282. The van der Waals surface area contributed by atoms with Gasteiger partial charge >= 0.3 is 0 Å². The second-order valence-corrected chi connectivity index (χ2v) is 6.96. The summed E-state index contributed by atoms with van der Waals surface area (Å²) >= 11 is 1.99. The van der Waals surface area contributed by atoms with Gasteiger partial charge in [0.15, 0.2) is 0 Å². The average Bonchev–Trinajstić information content (AvgIpc) is 2.27. The van der Waals surface area contributed by atoms with Gasteiger partial charge in [-0.1, -0.05) is 33.1 Å². The Balaban J connectivity index is 2.71. The van der Waals surface area contributed by atoms with Crippen LogP contribution in [0.15, 0.2) is 0 Å². The molecule has 0 aliphatic carbocycles. The normalized spacial score (nSPS) is 29.6. The molecule has 2 atom stereocenters. The zero-order chi connectivity index (χ0) is 12.9. The number of rotatable bonds is 5. The van der Waals surface area contributed by atoms with Crippen LogP contribution in [0.4, 0.5) is 0 Å². The lowest BCUT2D eigenvalue weighted by molar-refractivity contribution is 0.217. The lowest BCUT2D eigenvalue weighted by Gasteiger charge is -2.45. The van der Waals surface area contributed by atoms with Crippen molar-refractivity contribution in [2.45, 2.75) is 51.6 Å². The zero-order valence-corrected chi connectivity index (χ0v) is 12.2. The highest BCUT2D eigenvalue weighted by Crippen LogP contribution is 2.39. The molecular weight excluding hydrogens is 228 g/mol. The first-order valence-corrected chi connectivity index (χ1v) is 7.64. The van der Waals surface area contributed by atoms with E-state index in [-0.39, 0.29) is 11.6 Å². The van der Waals surface area contributed by atoms with Crippen LogP contribution < -0.4 is 11.1 Å². The summed E-state index contributed by atoms with van der Waals surface area (Å²) in [5, 5.41) is 3.64. The number of nitrogens with one attached hydrogen (secondary N) is 1. The number of terminal acetylenes is 1. The monoisotopic (exact) mass is 254 g/mol. The van der Waals surface area contributed by atoms with Crippen LogP contribution >= 0.6 is 11.8 Å². The summed E-state index contributed by atoms with van der Waals surface area (Å²) in [5.41, 5.74) is 6.39. The Labute approximate surface area is 110 Å². The van der Waals surface area contributed by atoms with E-state index in [1.165, 1.54) is 5.75 Å². The van der Waals surface area contributed by atoms with Gasteiger partial charge in [-0.15, -0.1) is 6.42 Å². The molecule has 2 unspecified atom stereocenters. The molecule has 0 radical (unpaired) electrons. The molecule has 0 amide bonds. The van der Waals surface area contributed by atoms with Crippen LogP contribution in [0.3, 0.4) is 0 Å². The molecule has 0 bridgehead atoms. The van der Waals surface area contributed by atoms with Crippen molar-refractivity contribution in [2.75, 3.05) is 18.1 Å². The molecule has 98 valence electrons. The van der Waals surface area contributed by atoms with Crippen molar-refractivity contribution in [1.82, 2.24) is 5.32 Å². The number of hydrogen-bond donors (Lipinski definition) is 2. The molecule has 0 aromatic rings. The summed E-state index contributed by atoms with van der Waals surface area (Å²) in [5.74, 6) is 5.15. The summed E-state index contributed by atoms with van der Waals surface area (Å²) < 4.78 is 0. The highest BCUT2D eigenvalue weighted by atomic mass is 32.2. The maximum atomic E-state index is 6.01. The molecule has 1 heterocycles. The van der Waals surface area contributed by atoms with Gasteiger partial charge in [0.05, 0.1) is 6.04 Å². The van der Waals surface area contributed by atoms with Crippen molar-refractivity contribution in [3.8, 4) is 12.3 Å². The highest BCUT2D eigenvalue weighted by molar-refractivity contribution is 7.99. The van der Waals surface area contributed by atoms with Crippen LogP contribution in [0.2, 0.25) is 0 Å². The van der Waals surface area contributed by atoms with E-state index in [0.717, 1.165) is 25.0 Å². The van der Waals surface area contributed by atoms with E-state index in [1.54, 1.807) is 0 Å². The maximum absolute atomic E-state index is 6.01. The van der Waals surface area contributed by atoms with Gasteiger partial charge in [0.1, 0.15) is 0 Å². The van der Waals surface area contributed by atoms with E-state index in [0.29, 0.717) is 12.0 Å². The molecule has 1 saturated heterocycles. The third kappa shape index (κ3) is 4.21. The van der Waals surface area contributed by atoms with Gasteiger partial charge in [0, 0.05) is 17.8 Å². The molecule has 0 aromatic heterocycles. The second kappa shape index (κ2) is 6.13. The predicted molar refractivity (Wildman–Crippen MR) is 78.2 cm³/mol. The topological polar surface area (TPSA) is 38.0 Å². The maximum Gasteiger partial charge on any atom is 0.0691 e. The largest absolute Gasteiger partial charge is 0.329 e. The number of hydrogen-bond acceptors (Lipinski definition) is 3. The van der Waals surface area contributed by atoms with Crippen LogP contribution in [0.1, 0.15) is 40.0 Å². The lowest BCUT2D eigenvalue weighted by Crippen LogP contribution is -2.60. The van der Waals surface area contributed by atoms with E-state index in [1.807, 2.05) is 11.8 Å². The van der Waals surface area contributed by atoms with Gasteiger partial charge in [-0.05, 0) is 24.0 Å². The summed E-state index contributed by atoms with van der Waals surface area (Å²) in [6.07, 6.45) is 8.85. The third-order valence-electron chi connectivity index (χ3n) is 3.34. The highest BCUT2D eigenvalue weighted by Gasteiger charge is 2.40. The summed E-state index contributed by atoms with van der Waals surface area (Å²) in [4.78, 5) is 0. The van der Waals surface area contributed by atoms with Gasteiger partial charge < -0.3 is 5.73 Å². The number of thioether (sulfide) groups is 1. The van der Waals surface area contributed by atoms with E-state index >= 15 is 0 Å². The molecule has 3 heteroatoms. The first-order valence-electron chi connectivity index (χ1n) is 6.48. The molecule has 0 aromatic carbocycles. The Morgan fingerprint density at radius 1 is 1.47 bits per heavy atom. The molecular formula is C14H26N2S. The van der Waals surface area contributed by atoms with Crippen LogP contribution in [0.25, 0.3) is 0 Å². The minimum atomic E-state index is 0.0264. The van der Waals surface area contributed by atoms with Gasteiger partial charge in [0.25, 0.3) is 0 Å². The van der Waals surface area contributed by atoms with Gasteiger partial charge in [-0.2, -0.15) is 11.8 Å². The van der Waals surface area contributed by atoms with E-state index < -0.39 is 0 Å². The van der Waals surface area contributed by atoms with Crippen LogP contribution in [-0.2, 0) is 0 Å². The molecule has 1 aliphatic rings. The summed E-state index contributed by atoms with van der Waals surface area (Å²) in [6, 6.07) is 0.165. The smallest absolute Gasteiger partial charge is 0.0691 e. The molecule has 0 saturated carbocycles. The zero-order valence-electron chi connectivity index (χ0n) is 11.4. The van der Waals surface area contributed by atoms with Crippen LogP contribution in [-0.4, -0.2) is 29.6 Å². The van der Waals surface area contributed by atoms with Crippen LogP contribution in [0, 0.1) is 17.8 Å². The predicted octanol–water partition coefficient (Wildman–Crippen LogP) is 2.24. The van der Waals surface area contributed by atoms with E-state index in [4.69, 9.17) is 12.2 Å². The SMILES string of the molecule is C#CC(CCC)NC1(CN)CSCC(C)(C)C1. The molecule has 3 N–H and O–H groups in total. The summed E-state index contributed by atoms with van der Waals surface area (Å²) in [7, 11) is 0. The second-order valence-electron chi connectivity index (χ2n) is 5.97. The first kappa shape index (κ1) is 14.9. The van der Waals surface area contributed by atoms with Gasteiger partial charge in [-0.25, -0.2) is 0 Å². The summed E-state index contributed by atoms with van der Waals surface area (Å²) in [6.45, 7) is 7.47. The fourth-order valence-electron chi connectivity index (χ4n) is 2.68.